The molecule has 0 aromatic heterocycles. The van der Waals surface area contributed by atoms with Gasteiger partial charge in [-0.2, -0.15) is 0 Å². The second kappa shape index (κ2) is 7.66. The lowest BCUT2D eigenvalue weighted by Crippen LogP contribution is -2.52. The first-order valence-electron chi connectivity index (χ1n) is 8.46. The number of rotatable bonds is 4. The Morgan fingerprint density at radius 2 is 1.70 bits per heavy atom. The smallest absolute Gasteiger partial charge is 0.323 e. The summed E-state index contributed by atoms with van der Waals surface area (Å²) in [6.07, 6.45) is 3.59. The van der Waals surface area contributed by atoms with Gasteiger partial charge in [-0.1, -0.05) is 0 Å². The maximum absolute atomic E-state index is 12.7. The Bertz CT molecular complexity index is 460. The highest BCUT2D eigenvalue weighted by Gasteiger charge is 2.34. The zero-order valence-electron chi connectivity index (χ0n) is 14.0. The molecule has 1 atom stereocenters. The van der Waals surface area contributed by atoms with Gasteiger partial charge in [-0.25, -0.2) is 4.79 Å². The molecule has 7 heteroatoms. The minimum absolute atomic E-state index is 0.0225. The molecule has 0 saturated carbocycles. The third-order valence-electron chi connectivity index (χ3n) is 4.63. The Kier molecular flexibility index (Phi) is 5.85. The van der Waals surface area contributed by atoms with Crippen LogP contribution in [-0.4, -0.2) is 76.5 Å². The first-order chi connectivity index (χ1) is 10.9. The van der Waals surface area contributed by atoms with Gasteiger partial charge in [-0.05, 0) is 39.5 Å². The standard InChI is InChI=1S/C16H27N3O4/c1-12(2)19(11-14(20)21)15(22)13-6-5-9-18(10-13)16(23)17-7-3-4-8-17/h12-13H,3-11H2,1-2H3,(H,20,21). The van der Waals surface area contributed by atoms with E-state index >= 15 is 0 Å². The van der Waals surface area contributed by atoms with E-state index in [2.05, 4.69) is 0 Å². The van der Waals surface area contributed by atoms with Crippen LogP contribution in [0.5, 0.6) is 0 Å². The largest absolute Gasteiger partial charge is 0.480 e. The van der Waals surface area contributed by atoms with Crippen molar-refractivity contribution < 1.29 is 19.5 Å². The second-order valence-corrected chi connectivity index (χ2v) is 6.72. The molecule has 2 aliphatic heterocycles. The molecule has 1 unspecified atom stereocenters. The van der Waals surface area contributed by atoms with Crippen LogP contribution in [0.15, 0.2) is 0 Å². The lowest BCUT2D eigenvalue weighted by atomic mass is 9.96. The number of nitrogens with zero attached hydrogens (tertiary/aromatic N) is 3. The Hall–Kier alpha value is -1.79. The van der Waals surface area contributed by atoms with Crippen LogP contribution < -0.4 is 0 Å². The number of carboxylic acids is 1. The molecule has 0 aromatic rings. The molecule has 1 N–H and O–H groups in total. The van der Waals surface area contributed by atoms with Crippen molar-refractivity contribution in [2.24, 2.45) is 5.92 Å². The predicted octanol–water partition coefficient (Wildman–Crippen LogP) is 1.24. The molecular weight excluding hydrogens is 298 g/mol. The van der Waals surface area contributed by atoms with E-state index in [1.54, 1.807) is 4.90 Å². The van der Waals surface area contributed by atoms with Crippen LogP contribution in [-0.2, 0) is 9.59 Å². The Morgan fingerprint density at radius 1 is 1.09 bits per heavy atom. The molecule has 0 aliphatic carbocycles. The van der Waals surface area contributed by atoms with E-state index in [0.29, 0.717) is 19.5 Å². The van der Waals surface area contributed by atoms with Crippen LogP contribution in [0.3, 0.4) is 0 Å². The number of carbonyl (C=O) groups is 3. The Morgan fingerprint density at radius 3 is 2.26 bits per heavy atom. The molecule has 0 spiro atoms. The van der Waals surface area contributed by atoms with E-state index in [1.165, 1.54) is 4.90 Å². The number of amides is 3. The van der Waals surface area contributed by atoms with Gasteiger partial charge in [0.05, 0.1) is 5.92 Å². The van der Waals surface area contributed by atoms with Crippen LogP contribution in [0.1, 0.15) is 39.5 Å². The molecule has 2 rings (SSSR count). The summed E-state index contributed by atoms with van der Waals surface area (Å²) < 4.78 is 0. The fourth-order valence-corrected chi connectivity index (χ4v) is 3.36. The van der Waals surface area contributed by atoms with Crippen molar-refractivity contribution in [3.63, 3.8) is 0 Å². The average molecular weight is 325 g/mol. The molecule has 2 heterocycles. The highest BCUT2D eigenvalue weighted by Crippen LogP contribution is 2.22. The minimum atomic E-state index is -1.01. The zero-order chi connectivity index (χ0) is 17.0. The van der Waals surface area contributed by atoms with Gasteiger partial charge in [0, 0.05) is 32.2 Å². The molecule has 2 saturated heterocycles. The molecule has 130 valence electrons. The number of urea groups is 1. The van der Waals surface area contributed by atoms with Crippen molar-refractivity contribution in [1.29, 1.82) is 0 Å². The summed E-state index contributed by atoms with van der Waals surface area (Å²) in [6, 6.07) is -0.141. The lowest BCUT2D eigenvalue weighted by Gasteiger charge is -2.37. The monoisotopic (exact) mass is 325 g/mol. The van der Waals surface area contributed by atoms with Crippen molar-refractivity contribution in [3.05, 3.63) is 0 Å². The number of piperidine rings is 1. The highest BCUT2D eigenvalue weighted by atomic mass is 16.4. The average Bonchev–Trinajstić information content (AvgIpc) is 3.05. The first-order valence-corrected chi connectivity index (χ1v) is 8.46. The molecule has 0 aromatic carbocycles. The summed E-state index contributed by atoms with van der Waals surface area (Å²) in [6.45, 7) is 6.02. The van der Waals surface area contributed by atoms with Crippen LogP contribution in [0.2, 0.25) is 0 Å². The summed E-state index contributed by atoms with van der Waals surface area (Å²) in [7, 11) is 0. The second-order valence-electron chi connectivity index (χ2n) is 6.72. The van der Waals surface area contributed by atoms with Crippen molar-refractivity contribution in [1.82, 2.24) is 14.7 Å². The fraction of sp³-hybridized carbons (Fsp3) is 0.812. The van der Waals surface area contributed by atoms with Gasteiger partial charge in [0.1, 0.15) is 6.54 Å². The molecule has 7 nitrogen and oxygen atoms in total. The highest BCUT2D eigenvalue weighted by molar-refractivity contribution is 5.84. The van der Waals surface area contributed by atoms with E-state index in [4.69, 9.17) is 5.11 Å². The van der Waals surface area contributed by atoms with E-state index in [1.807, 2.05) is 18.7 Å². The number of carboxylic acid groups (broad SMARTS) is 1. The van der Waals surface area contributed by atoms with Crippen molar-refractivity contribution in [2.45, 2.75) is 45.6 Å². The molecule has 2 aliphatic rings. The predicted molar refractivity (Wildman–Crippen MR) is 85.0 cm³/mol. The van der Waals surface area contributed by atoms with Crippen LogP contribution in [0, 0.1) is 5.92 Å². The van der Waals surface area contributed by atoms with E-state index in [-0.39, 0.29) is 30.4 Å². The summed E-state index contributed by atoms with van der Waals surface area (Å²) >= 11 is 0. The third kappa shape index (κ3) is 4.36. The quantitative estimate of drug-likeness (QED) is 0.843. The zero-order valence-corrected chi connectivity index (χ0v) is 14.0. The summed E-state index contributed by atoms with van der Waals surface area (Å²) in [5.74, 6) is -1.45. The Balaban J connectivity index is 1.99. The fourth-order valence-electron chi connectivity index (χ4n) is 3.36. The van der Waals surface area contributed by atoms with Crippen molar-refractivity contribution >= 4 is 17.9 Å². The molecule has 2 fully saturated rings. The van der Waals surface area contributed by atoms with Gasteiger partial charge in [0.25, 0.3) is 0 Å². The molecular formula is C16H27N3O4. The maximum atomic E-state index is 12.7. The third-order valence-corrected chi connectivity index (χ3v) is 4.63. The first kappa shape index (κ1) is 17.6. The minimum Gasteiger partial charge on any atom is -0.480 e. The summed E-state index contributed by atoms with van der Waals surface area (Å²) in [4.78, 5) is 41.2. The molecule has 0 radical (unpaired) electrons. The molecule has 3 amide bonds. The van der Waals surface area contributed by atoms with Crippen LogP contribution >= 0.6 is 0 Å². The van der Waals surface area contributed by atoms with Gasteiger partial charge < -0.3 is 19.8 Å². The number of likely N-dealkylation sites (tertiary alicyclic amines) is 2. The number of hydrogen-bond acceptors (Lipinski definition) is 3. The molecule has 0 bridgehead atoms. The van der Waals surface area contributed by atoms with Crippen LogP contribution in [0.4, 0.5) is 4.79 Å². The summed E-state index contributed by atoms with van der Waals surface area (Å²) in [5, 5.41) is 9.00. The topological polar surface area (TPSA) is 81.2 Å². The van der Waals surface area contributed by atoms with Gasteiger partial charge in [0.15, 0.2) is 0 Å². The summed E-state index contributed by atoms with van der Waals surface area (Å²) in [5.41, 5.74) is 0. The number of hydrogen-bond donors (Lipinski definition) is 1. The van der Waals surface area contributed by atoms with Crippen LogP contribution in [0.25, 0.3) is 0 Å². The Labute approximate surface area is 137 Å². The van der Waals surface area contributed by atoms with Gasteiger partial charge in [-0.15, -0.1) is 0 Å². The van der Waals surface area contributed by atoms with Gasteiger partial charge in [-0.3, -0.25) is 9.59 Å². The van der Waals surface area contributed by atoms with E-state index in [9.17, 15) is 14.4 Å². The molecule has 23 heavy (non-hydrogen) atoms. The normalized spacial score (nSPS) is 21.6. The number of carbonyl (C=O) groups excluding carboxylic acids is 2. The SMILES string of the molecule is CC(C)N(CC(=O)O)C(=O)C1CCCN(C(=O)N2CCCC2)C1. The van der Waals surface area contributed by atoms with E-state index < -0.39 is 5.97 Å². The van der Waals surface area contributed by atoms with E-state index in [0.717, 1.165) is 32.4 Å². The van der Waals surface area contributed by atoms with Crippen molar-refractivity contribution in [3.8, 4) is 0 Å². The van der Waals surface area contributed by atoms with Gasteiger partial charge >= 0.3 is 12.0 Å². The van der Waals surface area contributed by atoms with Crippen molar-refractivity contribution in [2.75, 3.05) is 32.7 Å². The number of aliphatic carboxylic acids is 1. The lowest BCUT2D eigenvalue weighted by molar-refractivity contribution is -0.148. The maximum Gasteiger partial charge on any atom is 0.323 e. The van der Waals surface area contributed by atoms with Gasteiger partial charge in [0.2, 0.25) is 5.91 Å².